The molecular formula is C7H12N2O5S. The predicted octanol–water partition coefficient (Wildman–Crippen LogP) is -1.08. The number of ether oxygens (including phenoxy) is 1. The standard InChI is InChI=1S/C7H12N2O5S/c1-5(3-8)15(12,13)9-4-6(14-2)7(10)11/h5-6,9H,4H2,1-2H3,(H,10,11). The summed E-state index contributed by atoms with van der Waals surface area (Å²) in [6.07, 6.45) is -1.26. The Hall–Kier alpha value is -1.17. The number of nitrogens with zero attached hydrogens (tertiary/aromatic N) is 1. The highest BCUT2D eigenvalue weighted by Crippen LogP contribution is 1.97. The summed E-state index contributed by atoms with van der Waals surface area (Å²) in [4.78, 5) is 10.5. The third-order valence-corrected chi connectivity index (χ3v) is 3.28. The van der Waals surface area contributed by atoms with Crippen LogP contribution in [0.15, 0.2) is 0 Å². The van der Waals surface area contributed by atoms with Crippen LogP contribution in [0.1, 0.15) is 6.92 Å². The molecule has 0 rings (SSSR count). The number of sulfonamides is 1. The molecule has 2 N–H and O–H groups in total. The Kier molecular flexibility index (Phi) is 5.21. The van der Waals surface area contributed by atoms with Crippen molar-refractivity contribution < 1.29 is 23.1 Å². The molecule has 0 saturated carbocycles. The fraction of sp³-hybridized carbons (Fsp3) is 0.714. The lowest BCUT2D eigenvalue weighted by Gasteiger charge is -2.12. The number of nitriles is 1. The summed E-state index contributed by atoms with van der Waals surface area (Å²) in [6, 6.07) is 1.54. The first-order valence-electron chi connectivity index (χ1n) is 3.98. The largest absolute Gasteiger partial charge is 0.479 e. The van der Waals surface area contributed by atoms with Crippen LogP contribution in [-0.2, 0) is 19.6 Å². The topological polar surface area (TPSA) is 116 Å². The number of aliphatic carboxylic acids is 1. The molecule has 86 valence electrons. The highest BCUT2D eigenvalue weighted by molar-refractivity contribution is 7.90. The van der Waals surface area contributed by atoms with Crippen LogP contribution in [0.25, 0.3) is 0 Å². The average molecular weight is 236 g/mol. The van der Waals surface area contributed by atoms with Gasteiger partial charge in [0, 0.05) is 13.7 Å². The van der Waals surface area contributed by atoms with E-state index in [4.69, 9.17) is 10.4 Å². The van der Waals surface area contributed by atoms with Gasteiger partial charge < -0.3 is 9.84 Å². The van der Waals surface area contributed by atoms with Crippen LogP contribution in [0, 0.1) is 11.3 Å². The predicted molar refractivity (Wildman–Crippen MR) is 50.4 cm³/mol. The lowest BCUT2D eigenvalue weighted by atomic mass is 10.4. The molecule has 0 aliphatic heterocycles. The van der Waals surface area contributed by atoms with Gasteiger partial charge in [-0.05, 0) is 6.92 Å². The minimum absolute atomic E-state index is 0.403. The van der Waals surface area contributed by atoms with Gasteiger partial charge in [0.25, 0.3) is 0 Å². The normalized spacial score (nSPS) is 15.3. The molecule has 0 saturated heterocycles. The molecule has 0 amide bonds. The van der Waals surface area contributed by atoms with E-state index in [1.165, 1.54) is 13.0 Å². The second-order valence-electron chi connectivity index (χ2n) is 2.73. The average Bonchev–Trinajstić information content (AvgIpc) is 2.16. The molecule has 0 fully saturated rings. The zero-order valence-corrected chi connectivity index (χ0v) is 9.11. The van der Waals surface area contributed by atoms with Crippen LogP contribution in [0.3, 0.4) is 0 Å². The molecule has 0 aliphatic rings. The van der Waals surface area contributed by atoms with Crippen molar-refractivity contribution in [2.24, 2.45) is 0 Å². The van der Waals surface area contributed by atoms with Gasteiger partial charge in [0.1, 0.15) is 0 Å². The van der Waals surface area contributed by atoms with E-state index in [-0.39, 0.29) is 0 Å². The minimum Gasteiger partial charge on any atom is -0.479 e. The van der Waals surface area contributed by atoms with E-state index in [9.17, 15) is 13.2 Å². The molecule has 0 aromatic heterocycles. The molecule has 2 atom stereocenters. The van der Waals surface area contributed by atoms with E-state index in [0.29, 0.717) is 0 Å². The lowest BCUT2D eigenvalue weighted by molar-refractivity contribution is -0.147. The summed E-state index contributed by atoms with van der Waals surface area (Å²) in [5, 5.41) is 15.7. The van der Waals surface area contributed by atoms with Crippen LogP contribution in [0.4, 0.5) is 0 Å². The maximum atomic E-state index is 11.2. The van der Waals surface area contributed by atoms with Crippen molar-refractivity contribution in [3.8, 4) is 6.07 Å². The number of nitrogens with one attached hydrogen (secondary N) is 1. The monoisotopic (exact) mass is 236 g/mol. The third-order valence-electron chi connectivity index (χ3n) is 1.68. The summed E-state index contributed by atoms with van der Waals surface area (Å²) in [6.45, 7) is 0.797. The van der Waals surface area contributed by atoms with E-state index in [0.717, 1.165) is 7.11 Å². The molecule has 0 radical (unpaired) electrons. The Labute approximate surface area is 87.7 Å². The molecular weight excluding hydrogens is 224 g/mol. The van der Waals surface area contributed by atoms with Crippen molar-refractivity contribution in [2.45, 2.75) is 18.3 Å². The molecule has 0 spiro atoms. The number of hydrogen-bond acceptors (Lipinski definition) is 5. The van der Waals surface area contributed by atoms with Crippen LogP contribution >= 0.6 is 0 Å². The van der Waals surface area contributed by atoms with E-state index in [1.54, 1.807) is 0 Å². The van der Waals surface area contributed by atoms with Crippen molar-refractivity contribution in [3.05, 3.63) is 0 Å². The van der Waals surface area contributed by atoms with E-state index in [2.05, 4.69) is 4.74 Å². The fourth-order valence-electron chi connectivity index (χ4n) is 0.658. The molecule has 0 aliphatic carbocycles. The van der Waals surface area contributed by atoms with Crippen molar-refractivity contribution in [1.29, 1.82) is 5.26 Å². The van der Waals surface area contributed by atoms with Crippen LogP contribution in [0.5, 0.6) is 0 Å². The summed E-state index contributed by atoms with van der Waals surface area (Å²) in [7, 11) is -2.65. The van der Waals surface area contributed by atoms with Gasteiger partial charge in [-0.1, -0.05) is 0 Å². The first-order chi connectivity index (χ1) is 6.85. The molecule has 2 unspecified atom stereocenters. The lowest BCUT2D eigenvalue weighted by Crippen LogP contribution is -2.40. The number of carbonyl (C=O) groups is 1. The number of rotatable bonds is 6. The highest BCUT2D eigenvalue weighted by Gasteiger charge is 2.24. The summed E-state index contributed by atoms with van der Waals surface area (Å²) in [5.74, 6) is -1.27. The summed E-state index contributed by atoms with van der Waals surface area (Å²) in [5.41, 5.74) is 0. The van der Waals surface area contributed by atoms with Gasteiger partial charge in [-0.2, -0.15) is 5.26 Å². The Balaban J connectivity index is 4.40. The van der Waals surface area contributed by atoms with E-state index >= 15 is 0 Å². The van der Waals surface area contributed by atoms with Crippen LogP contribution < -0.4 is 4.72 Å². The number of hydrogen-bond donors (Lipinski definition) is 2. The van der Waals surface area contributed by atoms with E-state index < -0.39 is 33.9 Å². The quantitative estimate of drug-likeness (QED) is 0.605. The molecule has 0 aromatic carbocycles. The molecule has 0 aromatic rings. The minimum atomic E-state index is -3.80. The zero-order chi connectivity index (χ0) is 12.1. The molecule has 0 bridgehead atoms. The van der Waals surface area contributed by atoms with Gasteiger partial charge in [-0.15, -0.1) is 0 Å². The first-order valence-corrected chi connectivity index (χ1v) is 5.53. The van der Waals surface area contributed by atoms with Gasteiger partial charge in [0.05, 0.1) is 6.07 Å². The number of carboxylic acids is 1. The summed E-state index contributed by atoms with van der Waals surface area (Å²) < 4.78 is 28.9. The van der Waals surface area contributed by atoms with Crippen molar-refractivity contribution in [2.75, 3.05) is 13.7 Å². The fourth-order valence-corrected chi connectivity index (χ4v) is 1.43. The third kappa shape index (κ3) is 4.24. The Morgan fingerprint density at radius 2 is 2.20 bits per heavy atom. The van der Waals surface area contributed by atoms with Gasteiger partial charge in [0.15, 0.2) is 11.4 Å². The van der Waals surface area contributed by atoms with E-state index in [1.807, 2.05) is 4.72 Å². The Morgan fingerprint density at radius 3 is 2.53 bits per heavy atom. The molecule has 0 heterocycles. The van der Waals surface area contributed by atoms with Crippen molar-refractivity contribution >= 4 is 16.0 Å². The molecule has 15 heavy (non-hydrogen) atoms. The first kappa shape index (κ1) is 13.8. The van der Waals surface area contributed by atoms with Crippen molar-refractivity contribution in [1.82, 2.24) is 4.72 Å². The second-order valence-corrected chi connectivity index (χ2v) is 4.81. The number of carboxylic acid groups (broad SMARTS) is 1. The molecule has 8 heteroatoms. The van der Waals surface area contributed by atoms with Crippen LogP contribution in [0.2, 0.25) is 0 Å². The maximum absolute atomic E-state index is 11.2. The van der Waals surface area contributed by atoms with Gasteiger partial charge in [0.2, 0.25) is 10.0 Å². The van der Waals surface area contributed by atoms with Gasteiger partial charge in [-0.25, -0.2) is 17.9 Å². The Morgan fingerprint density at radius 1 is 1.67 bits per heavy atom. The summed E-state index contributed by atoms with van der Waals surface area (Å²) >= 11 is 0. The maximum Gasteiger partial charge on any atom is 0.334 e. The number of methoxy groups -OCH3 is 1. The smallest absolute Gasteiger partial charge is 0.334 e. The SMILES string of the molecule is COC(CNS(=O)(=O)C(C)C#N)C(=O)O. The Bertz CT molecular complexity index is 358. The second kappa shape index (κ2) is 5.65. The van der Waals surface area contributed by atoms with Gasteiger partial charge >= 0.3 is 5.97 Å². The van der Waals surface area contributed by atoms with Gasteiger partial charge in [-0.3, -0.25) is 0 Å². The highest BCUT2D eigenvalue weighted by atomic mass is 32.2. The molecule has 7 nitrogen and oxygen atoms in total. The van der Waals surface area contributed by atoms with Crippen LogP contribution in [-0.4, -0.2) is 44.5 Å². The van der Waals surface area contributed by atoms with Crippen molar-refractivity contribution in [3.63, 3.8) is 0 Å². The zero-order valence-electron chi connectivity index (χ0n) is 8.30.